The molecular weight excluding hydrogens is 398 g/mol. The summed E-state index contributed by atoms with van der Waals surface area (Å²) in [4.78, 5) is 28.8. The molecular formula is C17H22ClNO5S2. The minimum Gasteiger partial charge on any atom is -0.488 e. The molecule has 2 aromatic heterocycles. The van der Waals surface area contributed by atoms with Crippen molar-refractivity contribution in [1.29, 1.82) is 0 Å². The summed E-state index contributed by atoms with van der Waals surface area (Å²) in [5, 5.41) is 0. The smallest absolute Gasteiger partial charge is 0.308 e. The van der Waals surface area contributed by atoms with E-state index in [9.17, 15) is 9.59 Å². The van der Waals surface area contributed by atoms with Gasteiger partial charge in [0, 0.05) is 18.4 Å². The second kappa shape index (κ2) is 10.6. The molecule has 0 amide bonds. The zero-order valence-electron chi connectivity index (χ0n) is 14.8. The first kappa shape index (κ1) is 22.5. The standard InChI is InChI=1S/C17H20ClNO5S.H2S/c1-10(17(21)23-3)7-12(20)15-8-11-14(25-15)9-13(16(19-11)22-2)24-6-4-5-18;/h8-10H,4-7H2,1-3H3;1H2/t10-;/m0./s1. The van der Waals surface area contributed by atoms with Crippen LogP contribution in [0.15, 0.2) is 12.1 Å². The Labute approximate surface area is 168 Å². The van der Waals surface area contributed by atoms with E-state index in [0.29, 0.717) is 40.9 Å². The van der Waals surface area contributed by atoms with Crippen LogP contribution in [0.1, 0.15) is 29.4 Å². The topological polar surface area (TPSA) is 74.7 Å². The fraction of sp³-hybridized carbons (Fsp3) is 0.471. The first-order valence-electron chi connectivity index (χ1n) is 7.78. The summed E-state index contributed by atoms with van der Waals surface area (Å²) in [7, 11) is 2.82. The highest BCUT2D eigenvalue weighted by atomic mass is 35.5. The normalized spacial score (nSPS) is 11.5. The zero-order chi connectivity index (χ0) is 18.4. The number of aromatic nitrogens is 1. The minimum atomic E-state index is -0.486. The molecule has 9 heteroatoms. The molecule has 2 heterocycles. The molecule has 26 heavy (non-hydrogen) atoms. The van der Waals surface area contributed by atoms with Crippen LogP contribution >= 0.6 is 36.4 Å². The summed E-state index contributed by atoms with van der Waals surface area (Å²) in [6.45, 7) is 2.13. The molecule has 0 saturated carbocycles. The highest BCUT2D eigenvalue weighted by Gasteiger charge is 2.21. The quantitative estimate of drug-likeness (QED) is 0.266. The number of Topliss-reactive ketones (excluding diaryl/α,β-unsaturated/α-hetero) is 1. The highest BCUT2D eigenvalue weighted by molar-refractivity contribution is 7.59. The van der Waals surface area contributed by atoms with Gasteiger partial charge in [0.05, 0.1) is 41.8 Å². The third kappa shape index (κ3) is 5.49. The fourth-order valence-electron chi connectivity index (χ4n) is 2.22. The van der Waals surface area contributed by atoms with Crippen LogP contribution in [0.4, 0.5) is 0 Å². The summed E-state index contributed by atoms with van der Waals surface area (Å²) in [6.07, 6.45) is 0.804. The lowest BCUT2D eigenvalue weighted by atomic mass is 10.0. The number of halogens is 1. The van der Waals surface area contributed by atoms with Gasteiger partial charge in [-0.05, 0) is 12.5 Å². The van der Waals surface area contributed by atoms with Crippen LogP contribution in [-0.2, 0) is 9.53 Å². The predicted octanol–water partition coefficient (Wildman–Crippen LogP) is 3.81. The van der Waals surface area contributed by atoms with Crippen molar-refractivity contribution in [1.82, 2.24) is 4.98 Å². The van der Waals surface area contributed by atoms with E-state index in [1.807, 2.05) is 0 Å². The van der Waals surface area contributed by atoms with Gasteiger partial charge in [-0.25, -0.2) is 4.98 Å². The van der Waals surface area contributed by atoms with Gasteiger partial charge in [0.2, 0.25) is 0 Å². The molecule has 0 aliphatic carbocycles. The minimum absolute atomic E-state index is 0. The summed E-state index contributed by atoms with van der Waals surface area (Å²) in [5.74, 6) is 0.382. The van der Waals surface area contributed by atoms with E-state index in [0.717, 1.165) is 4.70 Å². The number of hydrogen-bond donors (Lipinski definition) is 0. The number of fused-ring (bicyclic) bond motifs is 1. The Morgan fingerprint density at radius 3 is 2.65 bits per heavy atom. The number of ketones is 1. The molecule has 2 rings (SSSR count). The van der Waals surface area contributed by atoms with Gasteiger partial charge >= 0.3 is 5.97 Å². The number of rotatable bonds is 9. The molecule has 6 nitrogen and oxygen atoms in total. The number of pyridine rings is 1. The molecule has 2 aromatic rings. The Kier molecular flexibility index (Phi) is 9.18. The lowest BCUT2D eigenvalue weighted by molar-refractivity contribution is -0.144. The maximum absolute atomic E-state index is 12.4. The SMILES string of the molecule is COC(=O)[C@@H](C)CC(=O)c1cc2nc(OC)c(OCCCCl)cc2s1.S. The average molecular weight is 420 g/mol. The molecule has 0 N–H and O–H groups in total. The molecule has 0 fully saturated rings. The van der Waals surface area contributed by atoms with Gasteiger partial charge < -0.3 is 14.2 Å². The van der Waals surface area contributed by atoms with Crippen LogP contribution in [0.2, 0.25) is 0 Å². The molecule has 144 valence electrons. The molecule has 0 bridgehead atoms. The summed E-state index contributed by atoms with van der Waals surface area (Å²) >= 11 is 6.97. The van der Waals surface area contributed by atoms with Crippen molar-refractivity contribution in [2.24, 2.45) is 5.92 Å². The third-order valence-electron chi connectivity index (χ3n) is 3.53. The van der Waals surface area contributed by atoms with Crippen LogP contribution in [0.3, 0.4) is 0 Å². The van der Waals surface area contributed by atoms with Gasteiger partial charge in [0.15, 0.2) is 11.5 Å². The van der Waals surface area contributed by atoms with Crippen molar-refractivity contribution in [3.63, 3.8) is 0 Å². The molecule has 0 radical (unpaired) electrons. The zero-order valence-corrected chi connectivity index (χ0v) is 17.4. The van der Waals surface area contributed by atoms with Gasteiger partial charge in [-0.1, -0.05) is 6.92 Å². The summed E-state index contributed by atoms with van der Waals surface area (Å²) in [6, 6.07) is 3.51. The van der Waals surface area contributed by atoms with Gasteiger partial charge in [0.1, 0.15) is 0 Å². The Morgan fingerprint density at radius 1 is 1.31 bits per heavy atom. The Balaban J connectivity index is 0.00000338. The first-order valence-corrected chi connectivity index (χ1v) is 9.13. The summed E-state index contributed by atoms with van der Waals surface area (Å²) in [5.41, 5.74) is 0.653. The lowest BCUT2D eigenvalue weighted by Gasteiger charge is -2.08. The number of esters is 1. The maximum atomic E-state index is 12.4. The van der Waals surface area contributed by atoms with Gasteiger partial charge in [0.25, 0.3) is 5.88 Å². The van der Waals surface area contributed by atoms with Gasteiger partial charge in [-0.2, -0.15) is 13.5 Å². The van der Waals surface area contributed by atoms with Crippen molar-refractivity contribution >= 4 is 58.4 Å². The summed E-state index contributed by atoms with van der Waals surface area (Å²) < 4.78 is 16.4. The number of hydrogen-bond acceptors (Lipinski definition) is 7. The van der Waals surface area contributed by atoms with Crippen molar-refractivity contribution in [3.8, 4) is 11.6 Å². The molecule has 0 aromatic carbocycles. The van der Waals surface area contributed by atoms with E-state index in [4.69, 9.17) is 21.1 Å². The van der Waals surface area contributed by atoms with Crippen LogP contribution in [0.5, 0.6) is 11.6 Å². The van der Waals surface area contributed by atoms with Crippen LogP contribution in [-0.4, -0.2) is 43.4 Å². The van der Waals surface area contributed by atoms with Gasteiger partial charge in [-0.3, -0.25) is 9.59 Å². The number of alkyl halides is 1. The van der Waals surface area contributed by atoms with Crippen LogP contribution in [0, 0.1) is 5.92 Å². The van der Waals surface area contributed by atoms with Crippen LogP contribution in [0.25, 0.3) is 10.2 Å². The molecule has 0 aliphatic rings. The van der Waals surface area contributed by atoms with Crippen molar-refractivity contribution in [3.05, 3.63) is 17.0 Å². The van der Waals surface area contributed by atoms with Crippen molar-refractivity contribution in [2.75, 3.05) is 26.7 Å². The molecule has 0 aliphatic heterocycles. The first-order chi connectivity index (χ1) is 12.0. The number of carbonyl (C=O) groups excluding carboxylic acids is 2. The Bertz CT molecular complexity index is 765. The largest absolute Gasteiger partial charge is 0.488 e. The van der Waals surface area contributed by atoms with Gasteiger partial charge in [-0.15, -0.1) is 22.9 Å². The Morgan fingerprint density at radius 2 is 2.04 bits per heavy atom. The maximum Gasteiger partial charge on any atom is 0.308 e. The third-order valence-corrected chi connectivity index (χ3v) is 4.91. The number of thiophene rings is 1. The number of methoxy groups -OCH3 is 2. The predicted molar refractivity (Wildman–Crippen MR) is 108 cm³/mol. The molecule has 0 spiro atoms. The average Bonchev–Trinajstić information content (AvgIpc) is 3.03. The molecule has 0 saturated heterocycles. The van der Waals surface area contributed by atoms with E-state index in [1.165, 1.54) is 25.6 Å². The number of ether oxygens (including phenoxy) is 3. The fourth-order valence-corrected chi connectivity index (χ4v) is 3.31. The van der Waals surface area contributed by atoms with E-state index in [2.05, 4.69) is 9.72 Å². The van der Waals surface area contributed by atoms with Crippen molar-refractivity contribution < 1.29 is 23.8 Å². The number of nitrogens with zero attached hydrogens (tertiary/aromatic N) is 1. The number of carbonyl (C=O) groups is 2. The van der Waals surface area contributed by atoms with Crippen molar-refractivity contribution in [2.45, 2.75) is 19.8 Å². The lowest BCUT2D eigenvalue weighted by Crippen LogP contribution is -2.16. The second-order valence-corrected chi connectivity index (χ2v) is 6.89. The van der Waals surface area contributed by atoms with E-state index in [1.54, 1.807) is 19.1 Å². The van der Waals surface area contributed by atoms with E-state index in [-0.39, 0.29) is 25.7 Å². The van der Waals surface area contributed by atoms with E-state index < -0.39 is 11.9 Å². The van der Waals surface area contributed by atoms with E-state index >= 15 is 0 Å². The highest BCUT2D eigenvalue weighted by Crippen LogP contribution is 2.34. The molecule has 0 unspecified atom stereocenters. The molecule has 1 atom stereocenters. The van der Waals surface area contributed by atoms with Crippen LogP contribution < -0.4 is 9.47 Å². The second-order valence-electron chi connectivity index (χ2n) is 5.43. The Hall–Kier alpha value is -1.51. The monoisotopic (exact) mass is 419 g/mol.